The molecule has 2 aromatic heterocycles. The third-order valence-electron chi connectivity index (χ3n) is 4.25. The van der Waals surface area contributed by atoms with Gasteiger partial charge in [-0.05, 0) is 30.3 Å². The normalized spacial score (nSPS) is 12.3. The van der Waals surface area contributed by atoms with Crippen molar-refractivity contribution < 1.29 is 9.84 Å². The average Bonchev–Trinajstić information content (AvgIpc) is 3.19. The first-order valence-corrected chi connectivity index (χ1v) is 9.20. The molecule has 3 N–H and O–H groups in total. The number of nitrogens with one attached hydrogen (secondary N) is 2. The van der Waals surface area contributed by atoms with Crippen molar-refractivity contribution in [3.8, 4) is 17.0 Å². The van der Waals surface area contributed by atoms with Crippen molar-refractivity contribution >= 4 is 0 Å². The highest BCUT2D eigenvalue weighted by Gasteiger charge is 2.08. The molecule has 0 radical (unpaired) electrons. The van der Waals surface area contributed by atoms with Crippen LogP contribution in [0.5, 0.6) is 5.75 Å². The number of aliphatic hydroxyl groups excluding tert-OH is 1. The van der Waals surface area contributed by atoms with Gasteiger partial charge in [0.2, 0.25) is 0 Å². The Morgan fingerprint density at radius 1 is 1.19 bits per heavy atom. The molecule has 0 fully saturated rings. The highest BCUT2D eigenvalue weighted by atomic mass is 16.5. The number of ether oxygens (including phenoxy) is 1. The number of pyridine rings is 1. The predicted molar refractivity (Wildman–Crippen MR) is 106 cm³/mol. The van der Waals surface area contributed by atoms with E-state index in [0.29, 0.717) is 25.6 Å². The summed E-state index contributed by atoms with van der Waals surface area (Å²) in [4.78, 5) is 11.8. The molecule has 3 rings (SSSR count). The summed E-state index contributed by atoms with van der Waals surface area (Å²) in [6.45, 7) is 5.87. The van der Waals surface area contributed by atoms with Crippen molar-refractivity contribution in [2.24, 2.45) is 0 Å². The van der Waals surface area contributed by atoms with E-state index in [4.69, 9.17) is 4.74 Å². The molecular weight excluding hydrogens is 340 g/mol. The van der Waals surface area contributed by atoms with Crippen molar-refractivity contribution in [3.63, 3.8) is 0 Å². The first-order valence-electron chi connectivity index (χ1n) is 9.20. The van der Waals surface area contributed by atoms with Crippen LogP contribution < -0.4 is 10.1 Å². The molecular formula is C21H26N4O2. The molecule has 0 amide bonds. The van der Waals surface area contributed by atoms with Crippen molar-refractivity contribution in [1.29, 1.82) is 0 Å². The van der Waals surface area contributed by atoms with E-state index in [-0.39, 0.29) is 0 Å². The van der Waals surface area contributed by atoms with Crippen molar-refractivity contribution in [2.45, 2.75) is 25.9 Å². The fourth-order valence-corrected chi connectivity index (χ4v) is 2.67. The van der Waals surface area contributed by atoms with E-state index in [0.717, 1.165) is 28.4 Å². The molecule has 6 nitrogen and oxygen atoms in total. The zero-order valence-electron chi connectivity index (χ0n) is 15.7. The first kappa shape index (κ1) is 19.1. The maximum Gasteiger partial charge on any atom is 0.119 e. The van der Waals surface area contributed by atoms with Crippen LogP contribution in [0.3, 0.4) is 0 Å². The monoisotopic (exact) mass is 366 g/mol. The summed E-state index contributed by atoms with van der Waals surface area (Å²) in [5.74, 6) is 2.18. The Balaban J connectivity index is 1.41. The van der Waals surface area contributed by atoms with Gasteiger partial charge in [0.05, 0.1) is 11.8 Å². The number of H-pyrrole nitrogens is 1. The number of aromatic nitrogens is 3. The predicted octanol–water partition coefficient (Wildman–Crippen LogP) is 3.30. The van der Waals surface area contributed by atoms with Gasteiger partial charge >= 0.3 is 0 Å². The van der Waals surface area contributed by atoms with Crippen LogP contribution in [-0.2, 0) is 0 Å². The van der Waals surface area contributed by atoms with E-state index in [2.05, 4.69) is 34.1 Å². The van der Waals surface area contributed by atoms with Crippen LogP contribution in [0.2, 0.25) is 0 Å². The largest absolute Gasteiger partial charge is 0.492 e. The third kappa shape index (κ3) is 5.39. The highest BCUT2D eigenvalue weighted by molar-refractivity contribution is 5.59. The Kier molecular flexibility index (Phi) is 6.57. The van der Waals surface area contributed by atoms with Gasteiger partial charge in [0.15, 0.2) is 0 Å². The average molecular weight is 366 g/mol. The van der Waals surface area contributed by atoms with Gasteiger partial charge < -0.3 is 20.1 Å². The highest BCUT2D eigenvalue weighted by Crippen LogP contribution is 2.22. The second-order valence-corrected chi connectivity index (χ2v) is 6.70. The van der Waals surface area contributed by atoms with Crippen LogP contribution in [0.25, 0.3) is 11.3 Å². The number of rotatable bonds is 9. The van der Waals surface area contributed by atoms with E-state index in [1.54, 1.807) is 12.4 Å². The number of aromatic amines is 1. The maximum atomic E-state index is 10.1. The Morgan fingerprint density at radius 2 is 2.00 bits per heavy atom. The van der Waals surface area contributed by atoms with Gasteiger partial charge in [-0.25, -0.2) is 4.98 Å². The summed E-state index contributed by atoms with van der Waals surface area (Å²) in [6.07, 6.45) is 4.73. The summed E-state index contributed by atoms with van der Waals surface area (Å²) >= 11 is 0. The fraction of sp³-hybridized carbons (Fsp3) is 0.333. The standard InChI is InChI=1S/C21H26N4O2/c1-15(2)21-24-13-19(25-21)16-5-7-18(8-6-16)27-11-10-23-14-20(26)17-4-3-9-22-12-17/h3-9,12-13,15,20,23,26H,10-11,14H2,1-2H3,(H,24,25)/t20-/m0/s1. The summed E-state index contributed by atoms with van der Waals surface area (Å²) in [6, 6.07) is 11.6. The van der Waals surface area contributed by atoms with Crippen molar-refractivity contribution in [1.82, 2.24) is 20.3 Å². The summed E-state index contributed by atoms with van der Waals surface area (Å²) in [5, 5.41) is 13.2. The second kappa shape index (κ2) is 9.30. The molecule has 0 aliphatic heterocycles. The van der Waals surface area contributed by atoms with Gasteiger partial charge in [-0.2, -0.15) is 0 Å². The molecule has 6 heteroatoms. The Labute approximate surface area is 159 Å². The smallest absolute Gasteiger partial charge is 0.119 e. The van der Waals surface area contributed by atoms with Crippen LogP contribution in [0.1, 0.15) is 37.3 Å². The second-order valence-electron chi connectivity index (χ2n) is 6.70. The zero-order chi connectivity index (χ0) is 19.1. The van der Waals surface area contributed by atoms with Crippen LogP contribution in [-0.4, -0.2) is 39.8 Å². The maximum absolute atomic E-state index is 10.1. The van der Waals surface area contributed by atoms with Crippen LogP contribution >= 0.6 is 0 Å². The number of benzene rings is 1. The van der Waals surface area contributed by atoms with Crippen molar-refractivity contribution in [2.75, 3.05) is 19.7 Å². The fourth-order valence-electron chi connectivity index (χ4n) is 2.67. The number of hydrogen-bond donors (Lipinski definition) is 3. The molecule has 3 aromatic rings. The van der Waals surface area contributed by atoms with E-state index < -0.39 is 6.10 Å². The van der Waals surface area contributed by atoms with Gasteiger partial charge in [-0.3, -0.25) is 4.98 Å². The van der Waals surface area contributed by atoms with Gasteiger partial charge in [-0.15, -0.1) is 0 Å². The SMILES string of the molecule is CC(C)c1nc(-c2ccc(OCCNC[C@H](O)c3cccnc3)cc2)c[nH]1. The van der Waals surface area contributed by atoms with Crippen molar-refractivity contribution in [3.05, 3.63) is 66.4 Å². The quantitative estimate of drug-likeness (QED) is 0.506. The Bertz CT molecular complexity index is 816. The lowest BCUT2D eigenvalue weighted by molar-refractivity contribution is 0.171. The van der Waals surface area contributed by atoms with E-state index in [1.165, 1.54) is 0 Å². The molecule has 0 spiro atoms. The molecule has 1 atom stereocenters. The van der Waals surface area contributed by atoms with Gasteiger partial charge in [0, 0.05) is 48.7 Å². The lowest BCUT2D eigenvalue weighted by Gasteiger charge is -2.12. The van der Waals surface area contributed by atoms with E-state index in [9.17, 15) is 5.11 Å². The minimum Gasteiger partial charge on any atom is -0.492 e. The van der Waals surface area contributed by atoms with Crippen LogP contribution in [0, 0.1) is 0 Å². The Hall–Kier alpha value is -2.70. The van der Waals surface area contributed by atoms with Gasteiger partial charge in [0.1, 0.15) is 18.2 Å². The minimum atomic E-state index is -0.567. The van der Waals surface area contributed by atoms with E-state index >= 15 is 0 Å². The summed E-state index contributed by atoms with van der Waals surface area (Å²) in [5.41, 5.74) is 2.81. The van der Waals surface area contributed by atoms with Gasteiger partial charge in [0.25, 0.3) is 0 Å². The molecule has 27 heavy (non-hydrogen) atoms. The molecule has 1 aromatic carbocycles. The molecule has 0 unspecified atom stereocenters. The molecule has 0 saturated carbocycles. The lowest BCUT2D eigenvalue weighted by atomic mass is 10.1. The van der Waals surface area contributed by atoms with Crippen LogP contribution in [0.4, 0.5) is 0 Å². The first-order chi connectivity index (χ1) is 13.1. The molecule has 2 heterocycles. The third-order valence-corrected chi connectivity index (χ3v) is 4.25. The molecule has 0 saturated heterocycles. The molecule has 0 bridgehead atoms. The number of imidazole rings is 1. The van der Waals surface area contributed by atoms with E-state index in [1.807, 2.05) is 42.6 Å². The topological polar surface area (TPSA) is 83.1 Å². The number of aliphatic hydroxyl groups is 1. The Morgan fingerprint density at radius 3 is 2.67 bits per heavy atom. The molecule has 0 aliphatic rings. The van der Waals surface area contributed by atoms with Gasteiger partial charge in [-0.1, -0.05) is 19.9 Å². The zero-order valence-corrected chi connectivity index (χ0v) is 15.7. The summed E-state index contributed by atoms with van der Waals surface area (Å²) in [7, 11) is 0. The number of hydrogen-bond acceptors (Lipinski definition) is 5. The molecule has 142 valence electrons. The minimum absolute atomic E-state index is 0.380. The molecule has 0 aliphatic carbocycles. The number of nitrogens with zero attached hydrogens (tertiary/aromatic N) is 2. The summed E-state index contributed by atoms with van der Waals surface area (Å²) < 4.78 is 5.74. The van der Waals surface area contributed by atoms with Crippen LogP contribution in [0.15, 0.2) is 55.0 Å². The lowest BCUT2D eigenvalue weighted by Crippen LogP contribution is -2.26.